The van der Waals surface area contributed by atoms with Crippen molar-refractivity contribution in [3.05, 3.63) is 59.1 Å². The van der Waals surface area contributed by atoms with E-state index >= 15 is 0 Å². The lowest BCUT2D eigenvalue weighted by molar-refractivity contribution is 0.176. The highest BCUT2D eigenvalue weighted by molar-refractivity contribution is 9.10. The van der Waals surface area contributed by atoms with Crippen molar-refractivity contribution in [3.63, 3.8) is 0 Å². The monoisotopic (exact) mass is 344 g/mol. The van der Waals surface area contributed by atoms with Crippen molar-refractivity contribution in [2.75, 3.05) is 5.32 Å². The number of nitrogens with one attached hydrogen (secondary N) is 1. The second-order valence-corrected chi connectivity index (χ2v) is 6.01. The molecule has 1 unspecified atom stereocenters. The Hall–Kier alpha value is -1.78. The summed E-state index contributed by atoms with van der Waals surface area (Å²) < 4.78 is 3.16. The van der Waals surface area contributed by atoms with E-state index in [1.165, 1.54) is 0 Å². The number of aliphatic hydroxyl groups is 1. The Morgan fingerprint density at radius 1 is 1.14 bits per heavy atom. The minimum atomic E-state index is -0.407. The number of benzene rings is 2. The molecule has 3 nitrogen and oxygen atoms in total. The minimum absolute atomic E-state index is 0.407. The Labute approximate surface area is 132 Å². The van der Waals surface area contributed by atoms with Gasteiger partial charge in [0, 0.05) is 15.5 Å². The van der Waals surface area contributed by atoms with E-state index in [-0.39, 0.29) is 0 Å². The molecule has 0 aliphatic rings. The number of para-hydroxylation sites is 1. The van der Waals surface area contributed by atoms with Gasteiger partial charge in [-0.3, -0.25) is 0 Å². The maximum Gasteiger partial charge on any atom is 0.111 e. The molecule has 0 aliphatic heterocycles. The molecular formula is C17H17BrN2O. The number of hydrogen-bond donors (Lipinski definition) is 2. The number of aromatic nitrogens is 1. The second kappa shape index (κ2) is 5.92. The summed E-state index contributed by atoms with van der Waals surface area (Å²) in [5, 5.41) is 14.3. The van der Waals surface area contributed by atoms with E-state index in [2.05, 4.69) is 37.9 Å². The van der Waals surface area contributed by atoms with Gasteiger partial charge in [0.1, 0.15) is 5.82 Å². The number of hydrogen-bond acceptors (Lipinski definition) is 2. The molecule has 0 spiro atoms. The number of rotatable bonds is 4. The molecular weight excluding hydrogens is 328 g/mol. The number of anilines is 2. The molecule has 21 heavy (non-hydrogen) atoms. The molecule has 1 atom stereocenters. The van der Waals surface area contributed by atoms with Crippen LogP contribution in [0.4, 0.5) is 11.5 Å². The summed E-state index contributed by atoms with van der Waals surface area (Å²) in [6.07, 6.45) is -0.407. The largest absolute Gasteiger partial charge is 0.392 e. The molecule has 0 aliphatic carbocycles. The fourth-order valence-corrected chi connectivity index (χ4v) is 2.95. The first kappa shape index (κ1) is 14.2. The normalized spacial score (nSPS) is 12.5. The molecule has 0 saturated heterocycles. The molecule has 3 aromatic rings. The van der Waals surface area contributed by atoms with E-state index in [1.807, 2.05) is 42.5 Å². The van der Waals surface area contributed by atoms with E-state index in [1.54, 1.807) is 6.92 Å². The van der Waals surface area contributed by atoms with Crippen molar-refractivity contribution in [1.29, 1.82) is 0 Å². The van der Waals surface area contributed by atoms with Crippen molar-refractivity contribution in [3.8, 4) is 0 Å². The molecule has 3 rings (SSSR count). The van der Waals surface area contributed by atoms with Gasteiger partial charge in [0.05, 0.1) is 18.2 Å². The Morgan fingerprint density at radius 3 is 2.62 bits per heavy atom. The van der Waals surface area contributed by atoms with Gasteiger partial charge in [-0.05, 0) is 37.3 Å². The van der Waals surface area contributed by atoms with Gasteiger partial charge in [0.15, 0.2) is 0 Å². The molecule has 2 N–H and O–H groups in total. The molecule has 1 aromatic heterocycles. The van der Waals surface area contributed by atoms with Gasteiger partial charge >= 0.3 is 0 Å². The molecule has 0 radical (unpaired) electrons. The molecule has 0 fully saturated rings. The molecule has 1 heterocycles. The number of aliphatic hydroxyl groups excluding tert-OH is 1. The zero-order valence-electron chi connectivity index (χ0n) is 11.8. The highest BCUT2D eigenvalue weighted by atomic mass is 79.9. The fourth-order valence-electron chi connectivity index (χ4n) is 2.48. The van der Waals surface area contributed by atoms with Crippen LogP contribution >= 0.6 is 15.9 Å². The first-order valence-electron chi connectivity index (χ1n) is 6.93. The van der Waals surface area contributed by atoms with Crippen LogP contribution in [0.5, 0.6) is 0 Å². The summed E-state index contributed by atoms with van der Waals surface area (Å²) in [4.78, 5) is 0. The third kappa shape index (κ3) is 2.96. The highest BCUT2D eigenvalue weighted by Crippen LogP contribution is 2.31. The predicted molar refractivity (Wildman–Crippen MR) is 91.0 cm³/mol. The summed E-state index contributed by atoms with van der Waals surface area (Å²) in [7, 11) is 0. The molecule has 4 heteroatoms. The third-order valence-electron chi connectivity index (χ3n) is 3.39. The highest BCUT2D eigenvalue weighted by Gasteiger charge is 2.12. The molecule has 0 saturated carbocycles. The summed E-state index contributed by atoms with van der Waals surface area (Å²) in [6, 6.07) is 18.3. The van der Waals surface area contributed by atoms with Crippen molar-refractivity contribution in [1.82, 2.24) is 4.57 Å². The van der Waals surface area contributed by atoms with Crippen LogP contribution in [-0.4, -0.2) is 15.8 Å². The van der Waals surface area contributed by atoms with Gasteiger partial charge < -0.3 is 15.0 Å². The lowest BCUT2D eigenvalue weighted by atomic mass is 10.2. The van der Waals surface area contributed by atoms with Crippen molar-refractivity contribution >= 4 is 38.3 Å². The van der Waals surface area contributed by atoms with Gasteiger partial charge in [-0.15, -0.1) is 0 Å². The number of halogens is 1. The van der Waals surface area contributed by atoms with Gasteiger partial charge in [-0.25, -0.2) is 0 Å². The molecule has 108 valence electrons. The van der Waals surface area contributed by atoms with Crippen LogP contribution in [-0.2, 0) is 6.54 Å². The summed E-state index contributed by atoms with van der Waals surface area (Å²) >= 11 is 3.59. The van der Waals surface area contributed by atoms with E-state index in [0.717, 1.165) is 26.9 Å². The number of nitrogens with zero attached hydrogens (tertiary/aromatic N) is 1. The van der Waals surface area contributed by atoms with E-state index in [9.17, 15) is 5.11 Å². The summed E-state index contributed by atoms with van der Waals surface area (Å²) in [5.41, 5.74) is 2.13. The van der Waals surface area contributed by atoms with E-state index in [0.29, 0.717) is 6.54 Å². The standard InChI is InChI=1S/C17H17BrN2O/c1-12(21)11-20-16-9-5-8-15(18)14(16)10-17(20)19-13-6-3-2-4-7-13/h2-10,12,19,21H,11H2,1H3. The van der Waals surface area contributed by atoms with E-state index in [4.69, 9.17) is 0 Å². The number of fused-ring (bicyclic) bond motifs is 1. The Balaban J connectivity index is 2.10. The maximum atomic E-state index is 9.78. The van der Waals surface area contributed by atoms with Crippen molar-refractivity contribution in [2.24, 2.45) is 0 Å². The third-order valence-corrected chi connectivity index (χ3v) is 4.08. The van der Waals surface area contributed by atoms with Gasteiger partial charge in [-0.2, -0.15) is 0 Å². The maximum absolute atomic E-state index is 9.78. The average molecular weight is 345 g/mol. The van der Waals surface area contributed by atoms with Gasteiger partial charge in [0.2, 0.25) is 0 Å². The Morgan fingerprint density at radius 2 is 1.90 bits per heavy atom. The summed E-state index contributed by atoms with van der Waals surface area (Å²) in [6.45, 7) is 2.35. The van der Waals surface area contributed by atoms with Crippen molar-refractivity contribution in [2.45, 2.75) is 19.6 Å². The van der Waals surface area contributed by atoms with Crippen molar-refractivity contribution < 1.29 is 5.11 Å². The summed E-state index contributed by atoms with van der Waals surface area (Å²) in [5.74, 6) is 0.976. The minimum Gasteiger partial charge on any atom is -0.392 e. The quantitative estimate of drug-likeness (QED) is 0.729. The van der Waals surface area contributed by atoms with Crippen LogP contribution < -0.4 is 5.32 Å². The van der Waals surface area contributed by atoms with Crippen LogP contribution in [0.3, 0.4) is 0 Å². The lowest BCUT2D eigenvalue weighted by Crippen LogP contribution is -2.13. The zero-order valence-corrected chi connectivity index (χ0v) is 13.3. The van der Waals surface area contributed by atoms with Gasteiger partial charge in [0.25, 0.3) is 0 Å². The lowest BCUT2D eigenvalue weighted by Gasteiger charge is -2.14. The van der Waals surface area contributed by atoms with Crippen LogP contribution in [0.1, 0.15) is 6.92 Å². The average Bonchev–Trinajstić information content (AvgIpc) is 2.79. The van der Waals surface area contributed by atoms with Gasteiger partial charge in [-0.1, -0.05) is 40.2 Å². The Kier molecular flexibility index (Phi) is 3.99. The van der Waals surface area contributed by atoms with Crippen LogP contribution in [0.15, 0.2) is 59.1 Å². The van der Waals surface area contributed by atoms with Crippen LogP contribution in [0, 0.1) is 0 Å². The molecule has 0 bridgehead atoms. The zero-order chi connectivity index (χ0) is 14.8. The fraction of sp³-hybridized carbons (Fsp3) is 0.176. The first-order chi connectivity index (χ1) is 10.1. The van der Waals surface area contributed by atoms with E-state index < -0.39 is 6.10 Å². The molecule has 2 aromatic carbocycles. The molecule has 0 amide bonds. The SMILES string of the molecule is CC(O)Cn1c(Nc2ccccc2)cc2c(Br)cccc21. The Bertz CT molecular complexity index is 750. The topological polar surface area (TPSA) is 37.2 Å². The first-order valence-corrected chi connectivity index (χ1v) is 7.72. The smallest absolute Gasteiger partial charge is 0.111 e. The predicted octanol–water partition coefficient (Wildman–Crippen LogP) is 4.53. The second-order valence-electron chi connectivity index (χ2n) is 5.15. The van der Waals surface area contributed by atoms with Crippen LogP contribution in [0.25, 0.3) is 10.9 Å². The van der Waals surface area contributed by atoms with Crippen LogP contribution in [0.2, 0.25) is 0 Å².